The van der Waals surface area contributed by atoms with Gasteiger partial charge in [-0.05, 0) is 71.4 Å². The van der Waals surface area contributed by atoms with Crippen LogP contribution >= 0.6 is 34.8 Å². The summed E-state index contributed by atoms with van der Waals surface area (Å²) in [5.74, 6) is -1.21. The molecule has 1 amide bonds. The Labute approximate surface area is 278 Å². The minimum atomic E-state index is -2.37. The van der Waals surface area contributed by atoms with Gasteiger partial charge in [-0.1, -0.05) is 65.1 Å². The van der Waals surface area contributed by atoms with E-state index >= 15 is 0 Å². The van der Waals surface area contributed by atoms with Crippen molar-refractivity contribution in [3.8, 4) is 11.5 Å². The lowest BCUT2D eigenvalue weighted by Gasteiger charge is -2.46. The smallest absolute Gasteiger partial charge is 0.311 e. The highest BCUT2D eigenvalue weighted by Gasteiger charge is 2.53. The molecule has 10 nitrogen and oxygen atoms in total. The third-order valence-corrected chi connectivity index (χ3v) is 7.16. The zero-order valence-corrected chi connectivity index (χ0v) is 28.6. The molecule has 45 heavy (non-hydrogen) atoms. The van der Waals surface area contributed by atoms with Crippen molar-refractivity contribution < 1.29 is 42.8 Å². The van der Waals surface area contributed by atoms with Crippen molar-refractivity contribution in [1.82, 2.24) is 5.32 Å². The molecule has 1 aliphatic rings. The number of benzene rings is 2. The van der Waals surface area contributed by atoms with Crippen molar-refractivity contribution >= 4 is 52.6 Å². The number of carbonyl (C=O) groups is 3. The zero-order valence-electron chi connectivity index (χ0n) is 26.3. The number of ether oxygens (including phenoxy) is 6. The van der Waals surface area contributed by atoms with E-state index in [0.29, 0.717) is 11.5 Å². The molecule has 0 spiro atoms. The average Bonchev–Trinajstić information content (AvgIpc) is 2.96. The van der Waals surface area contributed by atoms with Crippen molar-refractivity contribution in [2.45, 2.75) is 82.6 Å². The van der Waals surface area contributed by atoms with Gasteiger partial charge in [-0.2, -0.15) is 0 Å². The van der Waals surface area contributed by atoms with Crippen molar-refractivity contribution in [2.24, 2.45) is 10.8 Å². The Kier molecular flexibility index (Phi) is 12.4. The number of amides is 1. The normalized spacial score (nSPS) is 22.2. The van der Waals surface area contributed by atoms with E-state index in [-0.39, 0.29) is 13.2 Å². The van der Waals surface area contributed by atoms with E-state index < -0.39 is 63.1 Å². The summed E-state index contributed by atoms with van der Waals surface area (Å²) < 4.78 is 33.4. The molecule has 0 unspecified atom stereocenters. The van der Waals surface area contributed by atoms with Gasteiger partial charge in [0, 0.05) is 0 Å². The number of hydrogen-bond donors (Lipinski definition) is 1. The number of nitrogens with one attached hydrogen (secondary N) is 1. The van der Waals surface area contributed by atoms with Gasteiger partial charge in [0.15, 0.2) is 6.10 Å². The van der Waals surface area contributed by atoms with Gasteiger partial charge < -0.3 is 33.7 Å². The molecule has 0 saturated carbocycles. The SMILES string of the molecule is COc1ccc(O[C@@H]2O[C@H](COC(=O)C(C)(C)C)[C@H](OCc3ccccc3)[C@H](OC(=O)C(C)(C)C)[C@H]2NC(=O)C(Cl)(Cl)Cl)cc1. The molecule has 13 heteroatoms. The highest BCUT2D eigenvalue weighted by atomic mass is 35.6. The van der Waals surface area contributed by atoms with Crippen molar-refractivity contribution in [2.75, 3.05) is 13.7 Å². The first-order valence-corrected chi connectivity index (χ1v) is 15.4. The van der Waals surface area contributed by atoms with Gasteiger partial charge in [0.05, 0.1) is 24.5 Å². The average molecular weight is 689 g/mol. The van der Waals surface area contributed by atoms with Crippen molar-refractivity contribution in [3.05, 3.63) is 60.2 Å². The number of esters is 2. The molecule has 1 N–H and O–H groups in total. The fourth-order valence-electron chi connectivity index (χ4n) is 4.10. The molecule has 2 aromatic carbocycles. The number of rotatable bonds is 10. The predicted molar refractivity (Wildman–Crippen MR) is 169 cm³/mol. The van der Waals surface area contributed by atoms with Gasteiger partial charge in [-0.15, -0.1) is 0 Å². The third-order valence-electron chi connectivity index (χ3n) is 6.65. The number of halogens is 3. The Morgan fingerprint density at radius 3 is 1.93 bits per heavy atom. The van der Waals surface area contributed by atoms with E-state index in [2.05, 4.69) is 5.32 Å². The van der Waals surface area contributed by atoms with Gasteiger partial charge in [-0.3, -0.25) is 14.4 Å². The van der Waals surface area contributed by atoms with Gasteiger partial charge in [0.25, 0.3) is 9.70 Å². The summed E-state index contributed by atoms with van der Waals surface area (Å²) in [5.41, 5.74) is -0.957. The molecule has 5 atom stereocenters. The van der Waals surface area contributed by atoms with Crippen LogP contribution in [0.5, 0.6) is 11.5 Å². The second-order valence-corrected chi connectivity index (χ2v) is 14.8. The van der Waals surface area contributed by atoms with Crippen molar-refractivity contribution in [3.63, 3.8) is 0 Å². The molecular weight excluding hydrogens is 649 g/mol. The highest BCUT2D eigenvalue weighted by molar-refractivity contribution is 6.76. The first-order valence-electron chi connectivity index (χ1n) is 14.3. The van der Waals surface area contributed by atoms with Crippen LogP contribution in [-0.2, 0) is 39.9 Å². The summed E-state index contributed by atoms with van der Waals surface area (Å²) in [6.45, 7) is 9.96. The largest absolute Gasteiger partial charge is 0.497 e. The quantitative estimate of drug-likeness (QED) is 0.245. The standard InChI is InChI=1S/C32H40Cl3NO9/c1-30(2,3)28(38)42-18-22-24(41-17-19-11-9-8-10-12-19)25(45-29(39)31(4,5)6)23(36-27(37)32(33,34)35)26(44-22)43-21-15-13-20(40-7)14-16-21/h8-16,22-26H,17-18H2,1-7H3,(H,36,37)/t22-,23-,24+,25-,26-/m1/s1. The third kappa shape index (κ3) is 10.6. The minimum absolute atomic E-state index is 0.0667. The van der Waals surface area contributed by atoms with E-state index in [1.165, 1.54) is 7.11 Å². The first kappa shape index (κ1) is 36.7. The van der Waals surface area contributed by atoms with E-state index in [1.54, 1.807) is 65.8 Å². The molecule has 2 aromatic rings. The molecule has 1 aliphatic heterocycles. The zero-order chi connectivity index (χ0) is 33.6. The molecule has 0 radical (unpaired) electrons. The lowest BCUT2D eigenvalue weighted by Crippen LogP contribution is -2.68. The van der Waals surface area contributed by atoms with Gasteiger partial charge in [0.2, 0.25) is 6.29 Å². The second-order valence-electron chi connectivity index (χ2n) is 12.6. The van der Waals surface area contributed by atoms with Crippen LogP contribution in [0.1, 0.15) is 47.1 Å². The summed E-state index contributed by atoms with van der Waals surface area (Å²) in [6.07, 6.45) is -4.70. The van der Waals surface area contributed by atoms with Crippen LogP contribution in [0.15, 0.2) is 54.6 Å². The Bertz CT molecular complexity index is 1290. The molecule has 1 fully saturated rings. The molecule has 3 rings (SSSR count). The maximum Gasteiger partial charge on any atom is 0.311 e. The minimum Gasteiger partial charge on any atom is -0.497 e. The Morgan fingerprint density at radius 2 is 1.40 bits per heavy atom. The van der Waals surface area contributed by atoms with Gasteiger partial charge in [-0.25, -0.2) is 0 Å². The van der Waals surface area contributed by atoms with Crippen LogP contribution in [0.2, 0.25) is 0 Å². The van der Waals surface area contributed by atoms with Gasteiger partial charge >= 0.3 is 11.9 Å². The molecular formula is C32H40Cl3NO9. The Morgan fingerprint density at radius 1 is 0.822 bits per heavy atom. The number of methoxy groups -OCH3 is 1. The molecule has 1 heterocycles. The molecule has 1 saturated heterocycles. The molecule has 248 valence electrons. The van der Waals surface area contributed by atoms with Crippen LogP contribution < -0.4 is 14.8 Å². The lowest BCUT2D eigenvalue weighted by molar-refractivity contribution is -0.265. The van der Waals surface area contributed by atoms with Gasteiger partial charge in [0.1, 0.15) is 36.4 Å². The van der Waals surface area contributed by atoms with Crippen LogP contribution in [0.25, 0.3) is 0 Å². The molecule has 0 aromatic heterocycles. The summed E-state index contributed by atoms with van der Waals surface area (Å²) >= 11 is 17.8. The van der Waals surface area contributed by atoms with E-state index in [4.69, 9.17) is 63.2 Å². The number of alkyl halides is 3. The molecule has 0 bridgehead atoms. The predicted octanol–water partition coefficient (Wildman–Crippen LogP) is 5.79. The summed E-state index contributed by atoms with van der Waals surface area (Å²) in [7, 11) is 1.52. The van der Waals surface area contributed by atoms with Crippen LogP contribution in [-0.4, -0.2) is 66.0 Å². The van der Waals surface area contributed by atoms with Crippen LogP contribution in [0.4, 0.5) is 0 Å². The maximum absolute atomic E-state index is 13.4. The fraction of sp³-hybridized carbons (Fsp3) is 0.531. The van der Waals surface area contributed by atoms with E-state index in [1.807, 2.05) is 30.3 Å². The number of hydrogen-bond acceptors (Lipinski definition) is 9. The summed E-state index contributed by atoms with van der Waals surface area (Å²) in [6, 6.07) is 14.6. The summed E-state index contributed by atoms with van der Waals surface area (Å²) in [5, 5.41) is 2.62. The van der Waals surface area contributed by atoms with Crippen molar-refractivity contribution in [1.29, 1.82) is 0 Å². The lowest BCUT2D eigenvalue weighted by atomic mass is 9.93. The molecule has 0 aliphatic carbocycles. The fourth-order valence-corrected chi connectivity index (χ4v) is 4.26. The van der Waals surface area contributed by atoms with E-state index in [0.717, 1.165) is 5.56 Å². The highest BCUT2D eigenvalue weighted by Crippen LogP contribution is 2.34. The first-order chi connectivity index (χ1) is 20.9. The Balaban J connectivity index is 2.10. The Hall–Kier alpha value is -2.76. The summed E-state index contributed by atoms with van der Waals surface area (Å²) in [4.78, 5) is 39.2. The maximum atomic E-state index is 13.4. The van der Waals surface area contributed by atoms with Crippen LogP contribution in [0.3, 0.4) is 0 Å². The number of carbonyl (C=O) groups excluding carboxylic acids is 3. The topological polar surface area (TPSA) is 119 Å². The second kappa shape index (κ2) is 15.2. The van der Waals surface area contributed by atoms with E-state index in [9.17, 15) is 14.4 Å². The monoisotopic (exact) mass is 687 g/mol. The van der Waals surface area contributed by atoms with Crippen LogP contribution in [0, 0.1) is 10.8 Å².